The van der Waals surface area contributed by atoms with Crippen molar-refractivity contribution >= 4 is 41.3 Å². The fourth-order valence-electron chi connectivity index (χ4n) is 3.13. The lowest BCUT2D eigenvalue weighted by Crippen LogP contribution is -2.55. The molecule has 2 fully saturated rings. The highest BCUT2D eigenvalue weighted by molar-refractivity contribution is 8.00. The summed E-state index contributed by atoms with van der Waals surface area (Å²) in [6.07, 6.45) is 0. The van der Waals surface area contributed by atoms with Gasteiger partial charge in [0.25, 0.3) is 5.91 Å². The summed E-state index contributed by atoms with van der Waals surface area (Å²) < 4.78 is 5.15. The van der Waals surface area contributed by atoms with Gasteiger partial charge in [0.2, 0.25) is 5.91 Å². The quantitative estimate of drug-likeness (QED) is 0.701. The maximum absolute atomic E-state index is 12.8. The Hall–Kier alpha value is -2.75. The molecule has 0 saturated carbocycles. The molecule has 1 atom stereocenters. The van der Waals surface area contributed by atoms with Crippen molar-refractivity contribution in [2.75, 3.05) is 43.1 Å². The Balaban J connectivity index is 1.70. The Kier molecular flexibility index (Phi) is 5.54. The number of fused-ring (bicyclic) bond motifs is 1. The first kappa shape index (κ1) is 19.0. The van der Waals surface area contributed by atoms with Crippen molar-refractivity contribution in [2.24, 2.45) is 0 Å². The van der Waals surface area contributed by atoms with Crippen LogP contribution in [-0.2, 0) is 14.4 Å². The Bertz CT molecular complexity index is 786. The summed E-state index contributed by atoms with van der Waals surface area (Å²) in [6, 6.07) is 5.54. The van der Waals surface area contributed by atoms with E-state index < -0.39 is 18.0 Å². The molecule has 144 valence electrons. The number of amides is 4. The second-order valence-electron chi connectivity index (χ2n) is 6.09. The number of piperazine rings is 1. The van der Waals surface area contributed by atoms with Crippen molar-refractivity contribution in [3.63, 3.8) is 0 Å². The van der Waals surface area contributed by atoms with E-state index in [4.69, 9.17) is 9.84 Å². The number of anilines is 1. The molecular weight excluding hydrogens is 374 g/mol. The number of carbonyl (C=O) groups is 4. The van der Waals surface area contributed by atoms with Gasteiger partial charge < -0.3 is 19.6 Å². The van der Waals surface area contributed by atoms with E-state index in [0.717, 1.165) is 16.7 Å². The molecule has 0 spiro atoms. The van der Waals surface area contributed by atoms with Crippen LogP contribution in [0.15, 0.2) is 24.3 Å². The van der Waals surface area contributed by atoms with Crippen molar-refractivity contribution in [1.82, 2.24) is 9.80 Å². The van der Waals surface area contributed by atoms with Crippen LogP contribution >= 0.6 is 11.8 Å². The Labute approximate surface area is 159 Å². The minimum atomic E-state index is -0.983. The number of urea groups is 1. The summed E-state index contributed by atoms with van der Waals surface area (Å²) in [6.45, 7) is 0.677. The fraction of sp³-hybridized carbons (Fsp3) is 0.412. The lowest BCUT2D eigenvalue weighted by molar-refractivity contribution is -0.134. The van der Waals surface area contributed by atoms with Gasteiger partial charge in [0, 0.05) is 19.2 Å². The molecule has 2 aliphatic rings. The number of hydrogen-bond acceptors (Lipinski definition) is 6. The molecule has 1 aromatic rings. The maximum atomic E-state index is 12.8. The van der Waals surface area contributed by atoms with Gasteiger partial charge in [-0.3, -0.25) is 14.4 Å². The van der Waals surface area contributed by atoms with Crippen LogP contribution in [0, 0.1) is 0 Å². The molecule has 0 aliphatic carbocycles. The van der Waals surface area contributed by atoms with Crippen LogP contribution in [0.5, 0.6) is 5.75 Å². The second kappa shape index (κ2) is 7.87. The minimum Gasteiger partial charge on any atom is -0.497 e. The third-order valence-electron chi connectivity index (χ3n) is 4.44. The van der Waals surface area contributed by atoms with E-state index >= 15 is 0 Å². The smallest absolute Gasteiger partial charge is 0.332 e. The highest BCUT2D eigenvalue weighted by Gasteiger charge is 2.49. The largest absolute Gasteiger partial charge is 0.497 e. The van der Waals surface area contributed by atoms with E-state index in [1.54, 1.807) is 24.3 Å². The molecule has 3 rings (SSSR count). The predicted octanol–water partition coefficient (Wildman–Crippen LogP) is 0.492. The van der Waals surface area contributed by atoms with Crippen molar-refractivity contribution < 1.29 is 29.0 Å². The van der Waals surface area contributed by atoms with E-state index in [9.17, 15) is 19.2 Å². The molecule has 0 unspecified atom stereocenters. The van der Waals surface area contributed by atoms with Crippen molar-refractivity contribution in [2.45, 2.75) is 6.04 Å². The number of hydrogen-bond donors (Lipinski definition) is 1. The van der Waals surface area contributed by atoms with E-state index in [0.29, 0.717) is 18.0 Å². The number of nitrogens with zero attached hydrogens (tertiary/aromatic N) is 3. The number of carbonyl (C=O) groups excluding carboxylic acids is 3. The summed E-state index contributed by atoms with van der Waals surface area (Å²) in [5, 5.41) is 8.65. The molecule has 0 bridgehead atoms. The van der Waals surface area contributed by atoms with Gasteiger partial charge in [0.15, 0.2) is 0 Å². The van der Waals surface area contributed by atoms with Gasteiger partial charge in [0.1, 0.15) is 11.8 Å². The van der Waals surface area contributed by atoms with Crippen LogP contribution in [0.4, 0.5) is 10.5 Å². The Morgan fingerprint density at radius 2 is 2.04 bits per heavy atom. The van der Waals surface area contributed by atoms with Crippen LogP contribution in [0.1, 0.15) is 0 Å². The molecule has 4 amide bonds. The lowest BCUT2D eigenvalue weighted by atomic mass is 10.2. The summed E-state index contributed by atoms with van der Waals surface area (Å²) in [5.41, 5.74) is 0.425. The number of methoxy groups -OCH3 is 1. The number of aliphatic carboxylic acids is 1. The van der Waals surface area contributed by atoms with Crippen LogP contribution in [0.25, 0.3) is 0 Å². The van der Waals surface area contributed by atoms with E-state index in [1.807, 2.05) is 0 Å². The molecule has 2 saturated heterocycles. The van der Waals surface area contributed by atoms with Gasteiger partial charge in [-0.1, -0.05) is 6.07 Å². The molecule has 9 nitrogen and oxygen atoms in total. The Morgan fingerprint density at radius 3 is 2.74 bits per heavy atom. The molecular formula is C17H19N3O6S. The highest BCUT2D eigenvalue weighted by atomic mass is 32.2. The number of imide groups is 1. The average Bonchev–Trinajstić information content (AvgIpc) is 2.91. The van der Waals surface area contributed by atoms with Crippen molar-refractivity contribution in [3.05, 3.63) is 24.3 Å². The fourth-order valence-corrected chi connectivity index (χ4v) is 3.76. The van der Waals surface area contributed by atoms with E-state index in [1.165, 1.54) is 16.9 Å². The zero-order chi connectivity index (χ0) is 19.6. The number of thioether (sulfide) groups is 1. The van der Waals surface area contributed by atoms with E-state index in [2.05, 4.69) is 0 Å². The number of rotatable bonds is 6. The number of carboxylic acid groups (broad SMARTS) is 1. The third-order valence-corrected chi connectivity index (χ3v) is 5.34. The van der Waals surface area contributed by atoms with Gasteiger partial charge in [-0.05, 0) is 12.1 Å². The summed E-state index contributed by atoms with van der Waals surface area (Å²) in [5.74, 6) is -1.20. The minimum absolute atomic E-state index is 0.0285. The number of benzene rings is 1. The van der Waals surface area contributed by atoms with Gasteiger partial charge in [-0.25, -0.2) is 9.69 Å². The zero-order valence-corrected chi connectivity index (χ0v) is 15.5. The monoisotopic (exact) mass is 393 g/mol. The molecule has 10 heteroatoms. The summed E-state index contributed by atoms with van der Waals surface area (Å²) >= 11 is 1.01. The van der Waals surface area contributed by atoms with E-state index in [-0.39, 0.29) is 36.4 Å². The molecule has 2 heterocycles. The topological polar surface area (TPSA) is 107 Å². The Morgan fingerprint density at radius 1 is 1.26 bits per heavy atom. The lowest BCUT2D eigenvalue weighted by Gasteiger charge is -2.35. The maximum Gasteiger partial charge on any atom is 0.332 e. The van der Waals surface area contributed by atoms with Crippen LogP contribution in [-0.4, -0.2) is 83.0 Å². The molecule has 1 aromatic carbocycles. The standard InChI is InChI=1S/C17H19N3O6S/c1-26-12-4-2-3-11(7-12)20-16(24)13-8-18(5-6-19(13)17(20)25)14(21)9-27-10-15(22)23/h2-4,7,13H,5-6,8-10H2,1H3,(H,22,23)/t13-/m0/s1. The van der Waals surface area contributed by atoms with Crippen molar-refractivity contribution in [3.8, 4) is 5.75 Å². The first-order valence-corrected chi connectivity index (χ1v) is 9.43. The normalized spacial score (nSPS) is 19.3. The van der Waals surface area contributed by atoms with Crippen LogP contribution < -0.4 is 9.64 Å². The average molecular weight is 393 g/mol. The zero-order valence-electron chi connectivity index (χ0n) is 14.7. The molecule has 0 radical (unpaired) electrons. The molecule has 1 N–H and O–H groups in total. The SMILES string of the molecule is COc1cccc(N2C(=O)[C@@H]3CN(C(=O)CSCC(=O)O)CCN3C2=O)c1. The van der Waals surface area contributed by atoms with Gasteiger partial charge in [-0.2, -0.15) is 0 Å². The number of ether oxygens (including phenoxy) is 1. The van der Waals surface area contributed by atoms with Gasteiger partial charge in [-0.15, -0.1) is 11.8 Å². The molecule has 2 aliphatic heterocycles. The highest BCUT2D eigenvalue weighted by Crippen LogP contribution is 2.29. The molecule has 0 aromatic heterocycles. The van der Waals surface area contributed by atoms with Gasteiger partial charge in [0.05, 0.1) is 30.8 Å². The number of carboxylic acids is 1. The van der Waals surface area contributed by atoms with Crippen LogP contribution in [0.3, 0.4) is 0 Å². The third kappa shape index (κ3) is 3.85. The first-order valence-electron chi connectivity index (χ1n) is 8.28. The first-order chi connectivity index (χ1) is 12.9. The van der Waals surface area contributed by atoms with Crippen molar-refractivity contribution in [1.29, 1.82) is 0 Å². The second-order valence-corrected chi connectivity index (χ2v) is 7.08. The molecule has 27 heavy (non-hydrogen) atoms. The van der Waals surface area contributed by atoms with Crippen LogP contribution in [0.2, 0.25) is 0 Å². The summed E-state index contributed by atoms with van der Waals surface area (Å²) in [7, 11) is 1.50. The predicted molar refractivity (Wildman–Crippen MR) is 97.9 cm³/mol. The summed E-state index contributed by atoms with van der Waals surface area (Å²) in [4.78, 5) is 52.4. The van der Waals surface area contributed by atoms with Gasteiger partial charge >= 0.3 is 12.0 Å².